The Morgan fingerprint density at radius 3 is 2.82 bits per heavy atom. The Bertz CT molecular complexity index is 167. The molecule has 0 aromatic carbocycles. The van der Waals surface area contributed by atoms with Gasteiger partial charge in [-0.25, -0.2) is 0 Å². The van der Waals surface area contributed by atoms with E-state index in [0.717, 1.165) is 19.3 Å². The second kappa shape index (κ2) is 3.53. The summed E-state index contributed by atoms with van der Waals surface area (Å²) in [7, 11) is 0. The van der Waals surface area contributed by atoms with E-state index in [4.69, 9.17) is 0 Å². The van der Waals surface area contributed by atoms with Crippen LogP contribution >= 0.6 is 0 Å². The molecule has 0 spiro atoms. The van der Waals surface area contributed by atoms with E-state index >= 15 is 0 Å². The highest BCUT2D eigenvalue weighted by Gasteiger charge is 2.25. The molecule has 2 unspecified atom stereocenters. The van der Waals surface area contributed by atoms with Crippen molar-refractivity contribution in [3.05, 3.63) is 12.7 Å². The van der Waals surface area contributed by atoms with Crippen LogP contribution in [-0.4, -0.2) is 23.2 Å². The summed E-state index contributed by atoms with van der Waals surface area (Å²) in [5, 5.41) is 12.0. The first kappa shape index (κ1) is 8.27. The van der Waals surface area contributed by atoms with Crippen LogP contribution in [0.3, 0.4) is 0 Å². The normalized spacial score (nSPS) is 29.9. The van der Waals surface area contributed by atoms with Gasteiger partial charge < -0.3 is 10.4 Å². The Labute approximate surface area is 66.1 Å². The van der Waals surface area contributed by atoms with Crippen molar-refractivity contribution in [3.63, 3.8) is 0 Å². The summed E-state index contributed by atoms with van der Waals surface area (Å²) in [6, 6.07) is -0.0551. The van der Waals surface area contributed by atoms with Gasteiger partial charge in [-0.3, -0.25) is 4.79 Å². The average Bonchev–Trinajstić information content (AvgIpc) is 2.37. The van der Waals surface area contributed by atoms with Gasteiger partial charge in [0.05, 0.1) is 12.1 Å². The van der Waals surface area contributed by atoms with Gasteiger partial charge in [0.2, 0.25) is 5.91 Å². The number of amides is 1. The first-order valence-corrected chi connectivity index (χ1v) is 3.85. The van der Waals surface area contributed by atoms with Gasteiger partial charge in [-0.05, 0) is 25.3 Å². The van der Waals surface area contributed by atoms with Crippen LogP contribution in [0.4, 0.5) is 0 Å². The van der Waals surface area contributed by atoms with Crippen LogP contribution in [0.5, 0.6) is 0 Å². The van der Waals surface area contributed by atoms with Gasteiger partial charge in [-0.15, -0.1) is 0 Å². The molecular formula is C8H13NO2. The van der Waals surface area contributed by atoms with E-state index in [0.29, 0.717) is 0 Å². The van der Waals surface area contributed by atoms with Crippen molar-refractivity contribution in [2.45, 2.75) is 31.4 Å². The zero-order valence-electron chi connectivity index (χ0n) is 6.42. The van der Waals surface area contributed by atoms with Gasteiger partial charge in [0.15, 0.2) is 0 Å². The molecule has 2 N–H and O–H groups in total. The molecule has 1 fully saturated rings. The molecule has 1 aliphatic carbocycles. The standard InChI is InChI=1S/C8H13NO2/c1-2-8(11)9-6-4-3-5-7(6)10/h2,6-7,10H,1,3-5H2,(H,9,11). The quantitative estimate of drug-likeness (QED) is 0.560. The van der Waals surface area contributed by atoms with E-state index in [2.05, 4.69) is 11.9 Å². The molecule has 62 valence electrons. The van der Waals surface area contributed by atoms with Crippen molar-refractivity contribution < 1.29 is 9.90 Å². The maximum atomic E-state index is 10.8. The zero-order valence-corrected chi connectivity index (χ0v) is 6.42. The molecule has 1 amide bonds. The molecule has 0 bridgehead atoms. The number of aliphatic hydroxyl groups excluding tert-OH is 1. The second-order valence-electron chi connectivity index (χ2n) is 2.82. The van der Waals surface area contributed by atoms with Crippen LogP contribution in [0.15, 0.2) is 12.7 Å². The van der Waals surface area contributed by atoms with Gasteiger partial charge in [0.1, 0.15) is 0 Å². The van der Waals surface area contributed by atoms with Crippen LogP contribution in [0.25, 0.3) is 0 Å². The predicted octanol–water partition coefficient (Wildman–Crippen LogP) is 0.202. The maximum absolute atomic E-state index is 10.8. The number of aliphatic hydroxyl groups is 1. The number of carbonyl (C=O) groups is 1. The van der Waals surface area contributed by atoms with Gasteiger partial charge in [0.25, 0.3) is 0 Å². The Hall–Kier alpha value is -0.830. The highest BCUT2D eigenvalue weighted by molar-refractivity contribution is 5.87. The van der Waals surface area contributed by atoms with E-state index in [1.54, 1.807) is 0 Å². The lowest BCUT2D eigenvalue weighted by Gasteiger charge is -2.14. The van der Waals surface area contributed by atoms with Crippen LogP contribution in [-0.2, 0) is 4.79 Å². The minimum atomic E-state index is -0.362. The number of carbonyl (C=O) groups excluding carboxylic acids is 1. The summed E-state index contributed by atoms with van der Waals surface area (Å²) in [5.74, 6) is -0.198. The molecule has 1 aliphatic rings. The minimum Gasteiger partial charge on any atom is -0.391 e. The topological polar surface area (TPSA) is 49.3 Å². The first-order chi connectivity index (χ1) is 5.24. The molecule has 1 rings (SSSR count). The van der Waals surface area contributed by atoms with E-state index in [-0.39, 0.29) is 18.1 Å². The predicted molar refractivity (Wildman–Crippen MR) is 42.0 cm³/mol. The van der Waals surface area contributed by atoms with Crippen LogP contribution in [0.1, 0.15) is 19.3 Å². The van der Waals surface area contributed by atoms with Crippen molar-refractivity contribution in [2.24, 2.45) is 0 Å². The fraction of sp³-hybridized carbons (Fsp3) is 0.625. The molecule has 0 aromatic rings. The molecule has 1 saturated carbocycles. The lowest BCUT2D eigenvalue weighted by Crippen LogP contribution is -2.38. The molecular weight excluding hydrogens is 142 g/mol. The van der Waals surface area contributed by atoms with Crippen molar-refractivity contribution in [1.82, 2.24) is 5.32 Å². The summed E-state index contributed by atoms with van der Waals surface area (Å²) in [6.45, 7) is 3.33. The van der Waals surface area contributed by atoms with Crippen LogP contribution in [0, 0.1) is 0 Å². The SMILES string of the molecule is C=CC(=O)NC1CCCC1O. The molecule has 0 radical (unpaired) electrons. The van der Waals surface area contributed by atoms with Crippen molar-refractivity contribution in [2.75, 3.05) is 0 Å². The molecule has 0 heterocycles. The molecule has 3 nitrogen and oxygen atoms in total. The fourth-order valence-electron chi connectivity index (χ4n) is 1.35. The van der Waals surface area contributed by atoms with Crippen molar-refractivity contribution in [3.8, 4) is 0 Å². The largest absolute Gasteiger partial charge is 0.391 e. The van der Waals surface area contributed by atoms with Gasteiger partial charge in [-0.2, -0.15) is 0 Å². The monoisotopic (exact) mass is 155 g/mol. The first-order valence-electron chi connectivity index (χ1n) is 3.85. The average molecular weight is 155 g/mol. The van der Waals surface area contributed by atoms with E-state index < -0.39 is 0 Å². The lowest BCUT2D eigenvalue weighted by atomic mass is 10.2. The molecule has 0 aromatic heterocycles. The van der Waals surface area contributed by atoms with E-state index in [1.807, 2.05) is 0 Å². The van der Waals surface area contributed by atoms with Crippen LogP contribution in [0.2, 0.25) is 0 Å². The highest BCUT2D eigenvalue weighted by atomic mass is 16.3. The number of nitrogens with one attached hydrogen (secondary N) is 1. The van der Waals surface area contributed by atoms with E-state index in [9.17, 15) is 9.90 Å². The second-order valence-corrected chi connectivity index (χ2v) is 2.82. The van der Waals surface area contributed by atoms with Gasteiger partial charge in [-0.1, -0.05) is 6.58 Å². The lowest BCUT2D eigenvalue weighted by molar-refractivity contribution is -0.117. The van der Waals surface area contributed by atoms with Crippen molar-refractivity contribution >= 4 is 5.91 Å². The maximum Gasteiger partial charge on any atom is 0.243 e. The van der Waals surface area contributed by atoms with E-state index in [1.165, 1.54) is 6.08 Å². The zero-order chi connectivity index (χ0) is 8.27. The molecule has 0 aliphatic heterocycles. The molecule has 11 heavy (non-hydrogen) atoms. The number of rotatable bonds is 2. The summed E-state index contributed by atoms with van der Waals surface area (Å²) in [5.41, 5.74) is 0. The smallest absolute Gasteiger partial charge is 0.243 e. The summed E-state index contributed by atoms with van der Waals surface area (Å²) < 4.78 is 0. The molecule has 2 atom stereocenters. The summed E-state index contributed by atoms with van der Waals surface area (Å²) >= 11 is 0. The van der Waals surface area contributed by atoms with Crippen LogP contribution < -0.4 is 5.32 Å². The summed E-state index contributed by atoms with van der Waals surface area (Å²) in [6.07, 6.45) is 3.52. The summed E-state index contributed by atoms with van der Waals surface area (Å²) in [4.78, 5) is 10.8. The third kappa shape index (κ3) is 2.05. The van der Waals surface area contributed by atoms with Crippen molar-refractivity contribution in [1.29, 1.82) is 0 Å². The minimum absolute atomic E-state index is 0.0551. The number of hydrogen-bond acceptors (Lipinski definition) is 2. The Morgan fingerprint density at radius 1 is 1.64 bits per heavy atom. The Kier molecular flexibility index (Phi) is 2.65. The third-order valence-corrected chi connectivity index (χ3v) is 1.99. The fourth-order valence-corrected chi connectivity index (χ4v) is 1.35. The van der Waals surface area contributed by atoms with Gasteiger partial charge in [0, 0.05) is 0 Å². The number of hydrogen-bond donors (Lipinski definition) is 2. The highest BCUT2D eigenvalue weighted by Crippen LogP contribution is 2.18. The Morgan fingerprint density at radius 2 is 2.36 bits per heavy atom. The Balaban J connectivity index is 2.36. The molecule has 3 heteroatoms. The molecule has 0 saturated heterocycles. The van der Waals surface area contributed by atoms with Gasteiger partial charge >= 0.3 is 0 Å². The third-order valence-electron chi connectivity index (χ3n) is 1.99.